The summed E-state index contributed by atoms with van der Waals surface area (Å²) in [5.74, 6) is -0.138. The van der Waals surface area contributed by atoms with Gasteiger partial charge in [0.25, 0.3) is 11.8 Å². The summed E-state index contributed by atoms with van der Waals surface area (Å²) in [4.78, 5) is 28.9. The lowest BCUT2D eigenvalue weighted by Gasteiger charge is -2.17. The standard InChI is InChI=1S/C15H24N4O3/c1-10(2)17-15(21)13-18-12(14(20)16-7-9-22-3)11-6-4-5-8-19(11)13/h10H,4-9H2,1-3H3,(H,16,20)(H,17,21). The first-order valence-corrected chi connectivity index (χ1v) is 7.72. The van der Waals surface area contributed by atoms with Gasteiger partial charge in [0, 0.05) is 26.2 Å². The van der Waals surface area contributed by atoms with E-state index in [2.05, 4.69) is 15.6 Å². The lowest BCUT2D eigenvalue weighted by molar-refractivity contribution is 0.0927. The Balaban J connectivity index is 2.25. The predicted molar refractivity (Wildman–Crippen MR) is 82.0 cm³/mol. The maximum Gasteiger partial charge on any atom is 0.287 e. The first kappa shape index (κ1) is 16.5. The third-order valence-corrected chi connectivity index (χ3v) is 3.55. The largest absolute Gasteiger partial charge is 0.383 e. The molecule has 0 radical (unpaired) electrons. The summed E-state index contributed by atoms with van der Waals surface area (Å²) >= 11 is 0. The predicted octanol–water partition coefficient (Wildman–Crippen LogP) is 0.734. The van der Waals surface area contributed by atoms with Gasteiger partial charge in [-0.15, -0.1) is 0 Å². The summed E-state index contributed by atoms with van der Waals surface area (Å²) in [6.07, 6.45) is 2.78. The number of methoxy groups -OCH3 is 1. The Hall–Kier alpha value is -1.89. The highest BCUT2D eigenvalue weighted by atomic mass is 16.5. The van der Waals surface area contributed by atoms with Crippen molar-refractivity contribution in [1.82, 2.24) is 20.2 Å². The molecule has 1 aliphatic heterocycles. The minimum Gasteiger partial charge on any atom is -0.383 e. The number of rotatable bonds is 6. The average Bonchev–Trinajstić information content (AvgIpc) is 2.86. The van der Waals surface area contributed by atoms with Crippen LogP contribution in [0.4, 0.5) is 0 Å². The van der Waals surface area contributed by atoms with Gasteiger partial charge in [0.2, 0.25) is 0 Å². The van der Waals surface area contributed by atoms with E-state index in [1.807, 2.05) is 18.4 Å². The van der Waals surface area contributed by atoms with Gasteiger partial charge in [-0.25, -0.2) is 4.98 Å². The van der Waals surface area contributed by atoms with Crippen LogP contribution in [0.3, 0.4) is 0 Å². The van der Waals surface area contributed by atoms with Crippen LogP contribution in [0.15, 0.2) is 0 Å². The maximum atomic E-state index is 12.3. The highest BCUT2D eigenvalue weighted by molar-refractivity contribution is 5.97. The molecule has 2 heterocycles. The van der Waals surface area contributed by atoms with E-state index in [-0.39, 0.29) is 17.9 Å². The molecule has 2 N–H and O–H groups in total. The molecule has 0 saturated carbocycles. The molecule has 0 aromatic carbocycles. The summed E-state index contributed by atoms with van der Waals surface area (Å²) < 4.78 is 6.80. The Morgan fingerprint density at radius 2 is 2.09 bits per heavy atom. The second kappa shape index (κ2) is 7.40. The van der Waals surface area contributed by atoms with Crippen LogP contribution in [0.1, 0.15) is 53.5 Å². The number of amides is 2. The Labute approximate surface area is 130 Å². The van der Waals surface area contributed by atoms with Crippen molar-refractivity contribution in [3.63, 3.8) is 0 Å². The molecule has 2 rings (SSSR count). The SMILES string of the molecule is COCCNC(=O)c1nc(C(=O)NC(C)C)n2c1CCCC2. The molecule has 0 bridgehead atoms. The van der Waals surface area contributed by atoms with Crippen molar-refractivity contribution in [1.29, 1.82) is 0 Å². The number of aromatic nitrogens is 2. The second-order valence-electron chi connectivity index (χ2n) is 5.72. The lowest BCUT2D eigenvalue weighted by Crippen LogP contribution is -2.33. The van der Waals surface area contributed by atoms with Crippen LogP contribution >= 0.6 is 0 Å². The second-order valence-corrected chi connectivity index (χ2v) is 5.72. The number of nitrogens with zero attached hydrogens (tertiary/aromatic N) is 2. The number of imidazole rings is 1. The molecule has 7 nitrogen and oxygen atoms in total. The molecule has 0 aliphatic carbocycles. The third kappa shape index (κ3) is 3.65. The molecule has 22 heavy (non-hydrogen) atoms. The molecule has 0 saturated heterocycles. The van der Waals surface area contributed by atoms with E-state index in [9.17, 15) is 9.59 Å². The molecule has 0 spiro atoms. The highest BCUT2D eigenvalue weighted by Crippen LogP contribution is 2.21. The molecule has 0 fully saturated rings. The fraction of sp³-hybridized carbons (Fsp3) is 0.667. The monoisotopic (exact) mass is 308 g/mol. The summed E-state index contributed by atoms with van der Waals surface area (Å²) in [6.45, 7) is 5.40. The number of nitrogens with one attached hydrogen (secondary N) is 2. The number of hydrogen-bond acceptors (Lipinski definition) is 4. The van der Waals surface area contributed by atoms with Crippen molar-refractivity contribution in [2.45, 2.75) is 45.7 Å². The number of ether oxygens (including phenoxy) is 1. The van der Waals surface area contributed by atoms with E-state index in [1.165, 1.54) is 0 Å². The topological polar surface area (TPSA) is 85.2 Å². The molecular formula is C15H24N4O3. The molecule has 0 unspecified atom stereocenters. The lowest BCUT2D eigenvalue weighted by atomic mass is 10.1. The smallest absolute Gasteiger partial charge is 0.287 e. The number of fused-ring (bicyclic) bond motifs is 1. The van der Waals surface area contributed by atoms with Crippen LogP contribution in [0.2, 0.25) is 0 Å². The third-order valence-electron chi connectivity index (χ3n) is 3.55. The van der Waals surface area contributed by atoms with Crippen LogP contribution in [0.5, 0.6) is 0 Å². The van der Waals surface area contributed by atoms with Gasteiger partial charge >= 0.3 is 0 Å². The zero-order valence-corrected chi connectivity index (χ0v) is 13.4. The van der Waals surface area contributed by atoms with Gasteiger partial charge in [-0.3, -0.25) is 9.59 Å². The zero-order valence-electron chi connectivity index (χ0n) is 13.4. The van der Waals surface area contributed by atoms with Gasteiger partial charge in [0.1, 0.15) is 5.69 Å². The summed E-state index contributed by atoms with van der Waals surface area (Å²) in [6, 6.07) is 0.0306. The van der Waals surface area contributed by atoms with Crippen LogP contribution in [-0.2, 0) is 17.7 Å². The van der Waals surface area contributed by atoms with Crippen molar-refractivity contribution in [2.75, 3.05) is 20.3 Å². The zero-order chi connectivity index (χ0) is 16.1. The molecule has 1 aromatic heterocycles. The van der Waals surface area contributed by atoms with E-state index >= 15 is 0 Å². The van der Waals surface area contributed by atoms with Gasteiger partial charge < -0.3 is 19.9 Å². The first-order chi connectivity index (χ1) is 10.5. The van der Waals surface area contributed by atoms with E-state index in [1.54, 1.807) is 7.11 Å². The van der Waals surface area contributed by atoms with E-state index in [0.29, 0.717) is 24.7 Å². The molecule has 122 valence electrons. The van der Waals surface area contributed by atoms with Gasteiger partial charge in [-0.1, -0.05) is 0 Å². The van der Waals surface area contributed by atoms with E-state index in [4.69, 9.17) is 4.74 Å². The normalized spacial score (nSPS) is 13.8. The molecule has 0 atom stereocenters. The van der Waals surface area contributed by atoms with E-state index in [0.717, 1.165) is 31.5 Å². The van der Waals surface area contributed by atoms with E-state index < -0.39 is 0 Å². The average molecular weight is 308 g/mol. The number of carbonyl (C=O) groups is 2. The Bertz CT molecular complexity index is 551. The van der Waals surface area contributed by atoms with Crippen molar-refractivity contribution in [3.05, 3.63) is 17.2 Å². The van der Waals surface area contributed by atoms with Gasteiger partial charge in [-0.2, -0.15) is 0 Å². The summed E-state index contributed by atoms with van der Waals surface area (Å²) in [5, 5.41) is 5.61. The molecule has 1 aromatic rings. The maximum absolute atomic E-state index is 12.3. The van der Waals surface area contributed by atoms with Crippen LogP contribution in [0, 0.1) is 0 Å². The molecule has 2 amide bonds. The first-order valence-electron chi connectivity index (χ1n) is 7.72. The van der Waals surface area contributed by atoms with Gasteiger partial charge in [-0.05, 0) is 33.1 Å². The summed E-state index contributed by atoms with van der Waals surface area (Å²) in [7, 11) is 1.58. The van der Waals surface area contributed by atoms with Crippen molar-refractivity contribution >= 4 is 11.8 Å². The summed E-state index contributed by atoms with van der Waals surface area (Å²) in [5.41, 5.74) is 1.22. The molecular weight excluding hydrogens is 284 g/mol. The van der Waals surface area contributed by atoms with Crippen molar-refractivity contribution in [3.8, 4) is 0 Å². The fourth-order valence-electron chi connectivity index (χ4n) is 2.58. The van der Waals surface area contributed by atoms with Crippen LogP contribution in [-0.4, -0.2) is 47.7 Å². The van der Waals surface area contributed by atoms with Crippen molar-refractivity contribution < 1.29 is 14.3 Å². The Morgan fingerprint density at radius 1 is 1.32 bits per heavy atom. The number of hydrogen-bond donors (Lipinski definition) is 2. The van der Waals surface area contributed by atoms with Crippen LogP contribution in [0.25, 0.3) is 0 Å². The molecule has 7 heteroatoms. The Morgan fingerprint density at radius 3 is 2.77 bits per heavy atom. The fourth-order valence-corrected chi connectivity index (χ4v) is 2.58. The minimum atomic E-state index is -0.244. The van der Waals surface area contributed by atoms with Crippen LogP contribution < -0.4 is 10.6 Å². The quantitative estimate of drug-likeness (QED) is 0.759. The highest BCUT2D eigenvalue weighted by Gasteiger charge is 2.27. The van der Waals surface area contributed by atoms with Gasteiger partial charge in [0.15, 0.2) is 5.82 Å². The number of carbonyl (C=O) groups excluding carboxylic acids is 2. The Kier molecular flexibility index (Phi) is 5.54. The minimum absolute atomic E-state index is 0.0306. The van der Waals surface area contributed by atoms with Gasteiger partial charge in [0.05, 0.1) is 12.3 Å². The van der Waals surface area contributed by atoms with Crippen molar-refractivity contribution in [2.24, 2.45) is 0 Å². The molecule has 1 aliphatic rings.